The van der Waals surface area contributed by atoms with Gasteiger partial charge in [-0.2, -0.15) is 0 Å². The molecule has 4 nitrogen and oxygen atoms in total. The standard InChI is InChI=1S/C19H40O4S.K/c1-3-4-16-19(20)17-14-12-10-8-6-5-7-9-11-13-15-18(2)24(21,22)23;/h18-20H,3-17H2,1-2H3,(H,21,22,23);/q;+1/p-1. The zero-order valence-electron chi connectivity index (χ0n) is 16.8. The van der Waals surface area contributed by atoms with Gasteiger partial charge in [0.1, 0.15) is 0 Å². The maximum absolute atomic E-state index is 10.8. The Kier molecular flexibility index (Phi) is 21.7. The van der Waals surface area contributed by atoms with E-state index in [1.807, 2.05) is 0 Å². The Morgan fingerprint density at radius 3 is 1.52 bits per heavy atom. The minimum absolute atomic E-state index is 0. The van der Waals surface area contributed by atoms with Gasteiger partial charge in [0.2, 0.25) is 0 Å². The minimum Gasteiger partial charge on any atom is -0.748 e. The van der Waals surface area contributed by atoms with Crippen molar-refractivity contribution in [2.45, 2.75) is 122 Å². The van der Waals surface area contributed by atoms with Gasteiger partial charge in [0.05, 0.1) is 16.2 Å². The SMILES string of the molecule is CCCCC(O)CCCCCCCCCCCCC(C)S(=O)(=O)[O-].[K+]. The van der Waals surface area contributed by atoms with Gasteiger partial charge in [-0.3, -0.25) is 0 Å². The third kappa shape index (κ3) is 20.1. The summed E-state index contributed by atoms with van der Waals surface area (Å²) in [6.45, 7) is 3.66. The van der Waals surface area contributed by atoms with Gasteiger partial charge in [-0.05, 0) is 26.2 Å². The second-order valence-corrected chi connectivity index (χ2v) is 9.00. The van der Waals surface area contributed by atoms with E-state index in [1.165, 1.54) is 45.4 Å². The monoisotopic (exact) mass is 402 g/mol. The van der Waals surface area contributed by atoms with Crippen LogP contribution >= 0.6 is 0 Å². The van der Waals surface area contributed by atoms with Crippen LogP contribution < -0.4 is 51.4 Å². The number of aliphatic hydroxyl groups is 1. The number of unbranched alkanes of at least 4 members (excludes halogenated alkanes) is 10. The Balaban J connectivity index is 0. The van der Waals surface area contributed by atoms with E-state index in [0.717, 1.165) is 51.4 Å². The molecule has 0 aliphatic rings. The topological polar surface area (TPSA) is 77.4 Å². The van der Waals surface area contributed by atoms with Crippen molar-refractivity contribution in [1.82, 2.24) is 0 Å². The molecule has 0 rings (SSSR count). The molecular formula is C19H39KO4S. The maximum atomic E-state index is 10.8. The summed E-state index contributed by atoms with van der Waals surface area (Å²) in [5.74, 6) is 0. The molecule has 0 aliphatic heterocycles. The van der Waals surface area contributed by atoms with E-state index in [0.29, 0.717) is 6.42 Å². The molecule has 0 aliphatic carbocycles. The Hall–Kier alpha value is 1.51. The van der Waals surface area contributed by atoms with E-state index < -0.39 is 15.4 Å². The van der Waals surface area contributed by atoms with E-state index >= 15 is 0 Å². The number of hydrogen-bond donors (Lipinski definition) is 1. The number of hydrogen-bond acceptors (Lipinski definition) is 4. The molecule has 0 fully saturated rings. The molecule has 146 valence electrons. The number of rotatable bonds is 17. The van der Waals surface area contributed by atoms with E-state index in [1.54, 1.807) is 0 Å². The summed E-state index contributed by atoms with van der Waals surface area (Å²) in [5, 5.41) is 9.01. The molecule has 0 heterocycles. The predicted octanol–water partition coefficient (Wildman–Crippen LogP) is 2.16. The van der Waals surface area contributed by atoms with Crippen LogP contribution in [-0.2, 0) is 10.1 Å². The van der Waals surface area contributed by atoms with Crippen molar-refractivity contribution in [3.8, 4) is 0 Å². The minimum atomic E-state index is -4.09. The van der Waals surface area contributed by atoms with Crippen molar-refractivity contribution < 1.29 is 69.5 Å². The van der Waals surface area contributed by atoms with Crippen LogP contribution in [-0.4, -0.2) is 29.4 Å². The average Bonchev–Trinajstić information content (AvgIpc) is 2.52. The van der Waals surface area contributed by atoms with Crippen LogP contribution in [0.4, 0.5) is 0 Å². The van der Waals surface area contributed by atoms with Gasteiger partial charge in [-0.25, -0.2) is 8.42 Å². The van der Waals surface area contributed by atoms with Gasteiger partial charge >= 0.3 is 51.4 Å². The molecule has 25 heavy (non-hydrogen) atoms. The fourth-order valence-corrected chi connectivity index (χ4v) is 3.41. The molecule has 0 amide bonds. The Morgan fingerprint density at radius 2 is 1.12 bits per heavy atom. The summed E-state index contributed by atoms with van der Waals surface area (Å²) in [5.41, 5.74) is 0. The van der Waals surface area contributed by atoms with Crippen LogP contribution in [0, 0.1) is 0 Å². The summed E-state index contributed by atoms with van der Waals surface area (Å²) in [4.78, 5) is 0. The van der Waals surface area contributed by atoms with Crippen LogP contribution in [0.25, 0.3) is 0 Å². The van der Waals surface area contributed by atoms with Crippen molar-refractivity contribution in [3.63, 3.8) is 0 Å². The molecule has 2 unspecified atom stereocenters. The maximum Gasteiger partial charge on any atom is 1.00 e. The Labute approximate surface area is 199 Å². The molecule has 0 saturated heterocycles. The van der Waals surface area contributed by atoms with Crippen molar-refractivity contribution in [2.75, 3.05) is 0 Å². The normalized spacial score (nSPS) is 14.1. The molecule has 0 spiro atoms. The van der Waals surface area contributed by atoms with Gasteiger partial charge in [0.25, 0.3) is 0 Å². The average molecular weight is 403 g/mol. The van der Waals surface area contributed by atoms with E-state index in [2.05, 4.69) is 6.92 Å². The summed E-state index contributed by atoms with van der Waals surface area (Å²) >= 11 is 0. The second kappa shape index (κ2) is 18.9. The molecule has 2 atom stereocenters. The van der Waals surface area contributed by atoms with Gasteiger partial charge in [0.15, 0.2) is 0 Å². The van der Waals surface area contributed by atoms with Gasteiger partial charge < -0.3 is 9.66 Å². The summed E-state index contributed by atoms with van der Waals surface area (Å²) in [6.07, 6.45) is 16.2. The fraction of sp³-hybridized carbons (Fsp3) is 1.00. The Bertz CT molecular complexity index is 374. The molecule has 0 bridgehead atoms. The molecule has 6 heteroatoms. The molecule has 0 aromatic rings. The first-order valence-corrected chi connectivity index (χ1v) is 11.5. The smallest absolute Gasteiger partial charge is 0.748 e. The summed E-state index contributed by atoms with van der Waals surface area (Å²) < 4.78 is 32.3. The van der Waals surface area contributed by atoms with Gasteiger partial charge in [-0.1, -0.05) is 84.0 Å². The van der Waals surface area contributed by atoms with Crippen LogP contribution in [0.3, 0.4) is 0 Å². The molecule has 0 aromatic heterocycles. The van der Waals surface area contributed by atoms with Crippen molar-refractivity contribution in [1.29, 1.82) is 0 Å². The molecule has 0 saturated carbocycles. The largest absolute Gasteiger partial charge is 1.00 e. The zero-order chi connectivity index (χ0) is 18.3. The van der Waals surface area contributed by atoms with Gasteiger partial charge in [-0.15, -0.1) is 0 Å². The van der Waals surface area contributed by atoms with Crippen molar-refractivity contribution >= 4 is 10.1 Å². The summed E-state index contributed by atoms with van der Waals surface area (Å²) in [7, 11) is -4.09. The van der Waals surface area contributed by atoms with Crippen LogP contribution in [0.15, 0.2) is 0 Å². The Morgan fingerprint density at radius 1 is 0.760 bits per heavy atom. The van der Waals surface area contributed by atoms with Crippen LogP contribution in [0.2, 0.25) is 0 Å². The van der Waals surface area contributed by atoms with E-state index in [4.69, 9.17) is 0 Å². The first-order valence-electron chi connectivity index (χ1n) is 10.0. The zero-order valence-corrected chi connectivity index (χ0v) is 20.8. The molecule has 0 aromatic carbocycles. The third-order valence-corrected chi connectivity index (χ3v) is 6.00. The molecular weight excluding hydrogens is 363 g/mol. The van der Waals surface area contributed by atoms with Crippen LogP contribution in [0.1, 0.15) is 110 Å². The number of aliphatic hydroxyl groups excluding tert-OH is 1. The van der Waals surface area contributed by atoms with Crippen molar-refractivity contribution in [3.05, 3.63) is 0 Å². The van der Waals surface area contributed by atoms with Crippen molar-refractivity contribution in [2.24, 2.45) is 0 Å². The van der Waals surface area contributed by atoms with E-state index in [9.17, 15) is 18.1 Å². The quantitative estimate of drug-likeness (QED) is 0.230. The third-order valence-electron chi connectivity index (χ3n) is 4.78. The van der Waals surface area contributed by atoms with E-state index in [-0.39, 0.29) is 57.5 Å². The first-order chi connectivity index (χ1) is 11.4. The fourth-order valence-electron chi connectivity index (χ4n) is 2.95. The van der Waals surface area contributed by atoms with Gasteiger partial charge in [0, 0.05) is 5.25 Å². The predicted molar refractivity (Wildman–Crippen MR) is 100 cm³/mol. The first kappa shape index (κ1) is 28.7. The molecule has 0 radical (unpaired) electrons. The van der Waals surface area contributed by atoms with Crippen LogP contribution in [0.5, 0.6) is 0 Å². The second-order valence-electron chi connectivity index (χ2n) is 7.21. The molecule has 1 N–H and O–H groups in total. The summed E-state index contributed by atoms with van der Waals surface area (Å²) in [6, 6.07) is 0.